The Bertz CT molecular complexity index is 387. The molecular formula is C11H17N3S. The van der Waals surface area contributed by atoms with E-state index in [9.17, 15) is 0 Å². The maximum Gasteiger partial charge on any atom is 0.189 e. The lowest BCUT2D eigenvalue weighted by Gasteiger charge is -2.15. The first-order valence-electron chi connectivity index (χ1n) is 5.13. The van der Waals surface area contributed by atoms with Crippen LogP contribution < -0.4 is 11.1 Å². The third kappa shape index (κ3) is 2.15. The van der Waals surface area contributed by atoms with E-state index in [0.717, 1.165) is 6.54 Å². The maximum absolute atomic E-state index is 5.60. The summed E-state index contributed by atoms with van der Waals surface area (Å²) in [5.41, 5.74) is 5.83. The number of guanidine groups is 1. The van der Waals surface area contributed by atoms with Crippen LogP contribution in [0.4, 0.5) is 0 Å². The van der Waals surface area contributed by atoms with E-state index in [-0.39, 0.29) is 11.5 Å². The number of thiophene rings is 1. The second-order valence-electron chi connectivity index (χ2n) is 4.87. The molecule has 4 heteroatoms. The molecule has 2 heterocycles. The molecule has 1 aliphatic rings. The Kier molecular flexibility index (Phi) is 2.46. The first kappa shape index (κ1) is 10.5. The topological polar surface area (TPSA) is 50.4 Å². The van der Waals surface area contributed by atoms with E-state index >= 15 is 0 Å². The molecule has 0 saturated heterocycles. The Labute approximate surface area is 94.4 Å². The zero-order chi connectivity index (χ0) is 11.1. The minimum Gasteiger partial charge on any atom is -0.370 e. The summed E-state index contributed by atoms with van der Waals surface area (Å²) in [4.78, 5) is 6.89. The smallest absolute Gasteiger partial charge is 0.189 e. The van der Waals surface area contributed by atoms with Gasteiger partial charge in [-0.25, -0.2) is 0 Å². The van der Waals surface area contributed by atoms with E-state index in [4.69, 9.17) is 5.73 Å². The molecule has 82 valence electrons. The fourth-order valence-electron chi connectivity index (χ4n) is 1.56. The lowest BCUT2D eigenvalue weighted by molar-refractivity contribution is 0.604. The number of nitrogens with zero attached hydrogens (tertiary/aromatic N) is 1. The summed E-state index contributed by atoms with van der Waals surface area (Å²) in [7, 11) is 0. The molecule has 0 spiro atoms. The summed E-state index contributed by atoms with van der Waals surface area (Å²) in [6.07, 6.45) is 0. The highest BCUT2D eigenvalue weighted by atomic mass is 32.1. The Morgan fingerprint density at radius 2 is 2.20 bits per heavy atom. The molecule has 0 saturated carbocycles. The Hall–Kier alpha value is -1.03. The first-order valence-corrected chi connectivity index (χ1v) is 5.95. The van der Waals surface area contributed by atoms with Crippen molar-refractivity contribution in [1.29, 1.82) is 0 Å². The molecule has 0 aliphatic carbocycles. The summed E-state index contributed by atoms with van der Waals surface area (Å²) < 4.78 is 0. The molecular weight excluding hydrogens is 206 g/mol. The molecule has 1 aliphatic heterocycles. The molecule has 0 amide bonds. The molecule has 1 aromatic heterocycles. The van der Waals surface area contributed by atoms with Gasteiger partial charge in [-0.2, -0.15) is 0 Å². The molecule has 3 nitrogen and oxygen atoms in total. The van der Waals surface area contributed by atoms with Gasteiger partial charge in [-0.1, -0.05) is 20.8 Å². The molecule has 15 heavy (non-hydrogen) atoms. The number of nitrogens with two attached hydrogens (primary N) is 1. The molecule has 0 fully saturated rings. The molecule has 1 unspecified atom stereocenters. The van der Waals surface area contributed by atoms with Gasteiger partial charge in [0.2, 0.25) is 0 Å². The van der Waals surface area contributed by atoms with Crippen LogP contribution in [0.15, 0.2) is 17.1 Å². The Balaban J connectivity index is 2.15. The summed E-state index contributed by atoms with van der Waals surface area (Å²) >= 11 is 1.85. The third-order valence-corrected chi connectivity index (χ3v) is 4.10. The molecule has 0 radical (unpaired) electrons. The fourth-order valence-corrected chi connectivity index (χ4v) is 2.67. The third-order valence-electron chi connectivity index (χ3n) is 2.48. The number of hydrogen-bond donors (Lipinski definition) is 2. The average Bonchev–Trinajstić information content (AvgIpc) is 2.69. The van der Waals surface area contributed by atoms with Crippen LogP contribution in [0.25, 0.3) is 0 Å². The molecule has 0 bridgehead atoms. The summed E-state index contributed by atoms with van der Waals surface area (Å²) in [6, 6.07) is 4.67. The van der Waals surface area contributed by atoms with Gasteiger partial charge < -0.3 is 11.1 Å². The van der Waals surface area contributed by atoms with Crippen molar-refractivity contribution in [2.45, 2.75) is 32.2 Å². The van der Waals surface area contributed by atoms with Crippen molar-refractivity contribution in [2.24, 2.45) is 10.7 Å². The SMILES string of the molecule is CC(C)(C)c1ccc(C2CN=C(N)N2)s1. The van der Waals surface area contributed by atoms with E-state index in [0.29, 0.717) is 5.96 Å². The van der Waals surface area contributed by atoms with Crippen molar-refractivity contribution in [2.75, 3.05) is 6.54 Å². The van der Waals surface area contributed by atoms with Crippen molar-refractivity contribution < 1.29 is 0 Å². The quantitative estimate of drug-likeness (QED) is 0.765. The predicted molar refractivity (Wildman–Crippen MR) is 65.4 cm³/mol. The molecule has 1 atom stereocenters. The van der Waals surface area contributed by atoms with Gasteiger partial charge in [0.05, 0.1) is 12.6 Å². The van der Waals surface area contributed by atoms with Crippen molar-refractivity contribution in [1.82, 2.24) is 5.32 Å². The van der Waals surface area contributed by atoms with E-state index < -0.39 is 0 Å². The van der Waals surface area contributed by atoms with Gasteiger partial charge in [-0.05, 0) is 17.5 Å². The van der Waals surface area contributed by atoms with E-state index in [1.54, 1.807) is 0 Å². The van der Waals surface area contributed by atoms with Crippen LogP contribution in [0.2, 0.25) is 0 Å². The number of hydrogen-bond acceptors (Lipinski definition) is 4. The van der Waals surface area contributed by atoms with Crippen LogP contribution in [-0.4, -0.2) is 12.5 Å². The highest BCUT2D eigenvalue weighted by molar-refractivity contribution is 7.12. The van der Waals surface area contributed by atoms with Gasteiger partial charge in [-0.15, -0.1) is 11.3 Å². The monoisotopic (exact) mass is 223 g/mol. The van der Waals surface area contributed by atoms with Crippen LogP contribution in [0, 0.1) is 0 Å². The Morgan fingerprint density at radius 1 is 1.47 bits per heavy atom. The van der Waals surface area contributed by atoms with Gasteiger partial charge >= 0.3 is 0 Å². The summed E-state index contributed by atoms with van der Waals surface area (Å²) in [5.74, 6) is 0.561. The van der Waals surface area contributed by atoms with Gasteiger partial charge in [0.15, 0.2) is 5.96 Å². The van der Waals surface area contributed by atoms with E-state index in [1.807, 2.05) is 11.3 Å². The fraction of sp³-hybridized carbons (Fsp3) is 0.545. The summed E-state index contributed by atoms with van der Waals surface area (Å²) in [6.45, 7) is 7.45. The lowest BCUT2D eigenvalue weighted by atomic mass is 9.95. The predicted octanol–water partition coefficient (Wildman–Crippen LogP) is 2.00. The van der Waals surface area contributed by atoms with E-state index in [2.05, 4.69) is 43.2 Å². The summed E-state index contributed by atoms with van der Waals surface area (Å²) in [5, 5.41) is 3.17. The molecule has 3 N–H and O–H groups in total. The zero-order valence-electron chi connectivity index (χ0n) is 9.37. The van der Waals surface area contributed by atoms with Crippen LogP contribution in [0.3, 0.4) is 0 Å². The normalized spacial score (nSPS) is 21.3. The molecule has 2 rings (SSSR count). The number of aliphatic imine (C=N–C) groups is 1. The largest absolute Gasteiger partial charge is 0.370 e. The highest BCUT2D eigenvalue weighted by Gasteiger charge is 2.22. The minimum atomic E-state index is 0.230. The van der Waals surface area contributed by atoms with Crippen LogP contribution in [0.5, 0.6) is 0 Å². The Morgan fingerprint density at radius 3 is 2.67 bits per heavy atom. The van der Waals surface area contributed by atoms with Crippen LogP contribution >= 0.6 is 11.3 Å². The number of rotatable bonds is 1. The van der Waals surface area contributed by atoms with Crippen LogP contribution in [-0.2, 0) is 5.41 Å². The second kappa shape index (κ2) is 3.52. The highest BCUT2D eigenvalue weighted by Crippen LogP contribution is 2.32. The second-order valence-corrected chi connectivity index (χ2v) is 5.99. The van der Waals surface area contributed by atoms with Gasteiger partial charge in [0.1, 0.15) is 0 Å². The van der Waals surface area contributed by atoms with Crippen molar-refractivity contribution >= 4 is 17.3 Å². The molecule has 0 aromatic carbocycles. The lowest BCUT2D eigenvalue weighted by Crippen LogP contribution is -2.29. The standard InChI is InChI=1S/C11H17N3S/c1-11(2,3)9-5-4-8(15-9)7-6-13-10(12)14-7/h4-5,7H,6H2,1-3H3,(H3,12,13,14). The van der Waals surface area contributed by atoms with Crippen LogP contribution in [0.1, 0.15) is 36.6 Å². The zero-order valence-corrected chi connectivity index (χ0v) is 10.2. The first-order chi connectivity index (χ1) is 6.97. The minimum absolute atomic E-state index is 0.230. The van der Waals surface area contributed by atoms with E-state index in [1.165, 1.54) is 9.75 Å². The van der Waals surface area contributed by atoms with Gasteiger partial charge in [0, 0.05) is 9.75 Å². The average molecular weight is 223 g/mol. The number of nitrogens with one attached hydrogen (secondary N) is 1. The molecule has 1 aromatic rings. The van der Waals surface area contributed by atoms with Crippen molar-refractivity contribution in [3.8, 4) is 0 Å². The van der Waals surface area contributed by atoms with Crippen molar-refractivity contribution in [3.63, 3.8) is 0 Å². The van der Waals surface area contributed by atoms with Gasteiger partial charge in [0.25, 0.3) is 0 Å². The van der Waals surface area contributed by atoms with Gasteiger partial charge in [-0.3, -0.25) is 4.99 Å². The maximum atomic E-state index is 5.60. The van der Waals surface area contributed by atoms with Crippen molar-refractivity contribution in [3.05, 3.63) is 21.9 Å².